The van der Waals surface area contributed by atoms with Gasteiger partial charge in [0.05, 0.1) is 11.1 Å². The van der Waals surface area contributed by atoms with Crippen molar-refractivity contribution in [2.45, 2.75) is 26.2 Å². The van der Waals surface area contributed by atoms with Crippen molar-refractivity contribution in [2.24, 2.45) is 0 Å². The van der Waals surface area contributed by atoms with E-state index in [1.54, 1.807) is 17.2 Å². The Labute approximate surface area is 165 Å². The van der Waals surface area contributed by atoms with Gasteiger partial charge in [0, 0.05) is 51.3 Å². The lowest BCUT2D eigenvalue weighted by Crippen LogP contribution is -2.49. The number of carbonyl (C=O) groups excluding carboxylic acids is 2. The molecule has 3 rings (SSSR count). The SMILES string of the molecule is CCCCCNC(=O)c1cncc(C(=O)N2CCN(c3ccccn3)CC2)c1. The molecule has 0 saturated carbocycles. The lowest BCUT2D eigenvalue weighted by Gasteiger charge is -2.35. The maximum absolute atomic E-state index is 12.8. The minimum Gasteiger partial charge on any atom is -0.353 e. The van der Waals surface area contributed by atoms with Gasteiger partial charge in [-0.25, -0.2) is 4.98 Å². The first kappa shape index (κ1) is 19.8. The second kappa shape index (κ2) is 9.82. The van der Waals surface area contributed by atoms with E-state index >= 15 is 0 Å². The van der Waals surface area contributed by atoms with Gasteiger partial charge in [0.25, 0.3) is 11.8 Å². The highest BCUT2D eigenvalue weighted by Crippen LogP contribution is 2.15. The number of unbranched alkanes of at least 4 members (excludes halogenated alkanes) is 2. The average molecular weight is 381 g/mol. The van der Waals surface area contributed by atoms with Crippen LogP contribution in [-0.2, 0) is 0 Å². The fourth-order valence-corrected chi connectivity index (χ4v) is 3.22. The largest absolute Gasteiger partial charge is 0.353 e. The quantitative estimate of drug-likeness (QED) is 0.745. The topological polar surface area (TPSA) is 78.4 Å². The minimum atomic E-state index is -0.182. The predicted molar refractivity (Wildman–Crippen MR) is 108 cm³/mol. The second-order valence-electron chi connectivity index (χ2n) is 6.89. The van der Waals surface area contributed by atoms with Crippen LogP contribution >= 0.6 is 0 Å². The van der Waals surface area contributed by atoms with Crippen LogP contribution in [0.25, 0.3) is 0 Å². The summed E-state index contributed by atoms with van der Waals surface area (Å²) in [5.74, 6) is 0.657. The number of pyridine rings is 2. The fourth-order valence-electron chi connectivity index (χ4n) is 3.22. The molecule has 1 aliphatic rings. The van der Waals surface area contributed by atoms with E-state index in [-0.39, 0.29) is 11.8 Å². The zero-order chi connectivity index (χ0) is 19.8. The lowest BCUT2D eigenvalue weighted by molar-refractivity contribution is 0.0746. The number of piperazine rings is 1. The molecule has 0 radical (unpaired) electrons. The molecule has 1 aliphatic heterocycles. The second-order valence-corrected chi connectivity index (χ2v) is 6.89. The standard InChI is InChI=1S/C21H27N5O2/c1-2-3-5-9-24-20(27)17-14-18(16-22-15-17)21(28)26-12-10-25(11-13-26)19-7-4-6-8-23-19/h4,6-8,14-16H,2-3,5,9-13H2,1H3,(H,24,27). The van der Waals surface area contributed by atoms with Crippen molar-refractivity contribution in [3.8, 4) is 0 Å². The summed E-state index contributed by atoms with van der Waals surface area (Å²) in [6.45, 7) is 5.45. The van der Waals surface area contributed by atoms with Gasteiger partial charge in [0.1, 0.15) is 5.82 Å². The van der Waals surface area contributed by atoms with Crippen molar-refractivity contribution in [3.05, 3.63) is 54.0 Å². The predicted octanol–water partition coefficient (Wildman–Crippen LogP) is 2.36. The molecule has 0 bridgehead atoms. The van der Waals surface area contributed by atoms with Crippen LogP contribution in [0.1, 0.15) is 46.9 Å². The normalized spacial score (nSPS) is 14.0. The lowest BCUT2D eigenvalue weighted by atomic mass is 10.1. The monoisotopic (exact) mass is 381 g/mol. The van der Waals surface area contributed by atoms with Crippen molar-refractivity contribution in [1.82, 2.24) is 20.2 Å². The van der Waals surface area contributed by atoms with Gasteiger partial charge in [0.15, 0.2) is 0 Å². The number of nitrogens with one attached hydrogen (secondary N) is 1. The Morgan fingerprint density at radius 1 is 1.07 bits per heavy atom. The van der Waals surface area contributed by atoms with Gasteiger partial charge in [-0.05, 0) is 24.6 Å². The smallest absolute Gasteiger partial charge is 0.255 e. The molecule has 0 aromatic carbocycles. The molecular formula is C21H27N5O2. The average Bonchev–Trinajstić information content (AvgIpc) is 2.77. The first-order valence-corrected chi connectivity index (χ1v) is 9.87. The first-order chi connectivity index (χ1) is 13.7. The van der Waals surface area contributed by atoms with Crippen molar-refractivity contribution < 1.29 is 9.59 Å². The van der Waals surface area contributed by atoms with Gasteiger partial charge in [-0.3, -0.25) is 14.6 Å². The highest BCUT2D eigenvalue weighted by molar-refractivity contribution is 5.99. The number of carbonyl (C=O) groups is 2. The van der Waals surface area contributed by atoms with Crippen LogP contribution in [0.3, 0.4) is 0 Å². The van der Waals surface area contributed by atoms with E-state index in [0.717, 1.165) is 38.2 Å². The summed E-state index contributed by atoms with van der Waals surface area (Å²) >= 11 is 0. The van der Waals surface area contributed by atoms with E-state index in [2.05, 4.69) is 27.1 Å². The Balaban J connectivity index is 1.57. The molecule has 3 heterocycles. The van der Waals surface area contributed by atoms with E-state index in [9.17, 15) is 9.59 Å². The summed E-state index contributed by atoms with van der Waals surface area (Å²) in [6.07, 6.45) is 7.95. The highest BCUT2D eigenvalue weighted by atomic mass is 16.2. The number of rotatable bonds is 7. The Morgan fingerprint density at radius 2 is 1.86 bits per heavy atom. The summed E-state index contributed by atoms with van der Waals surface area (Å²) < 4.78 is 0. The van der Waals surface area contributed by atoms with Gasteiger partial charge in [-0.2, -0.15) is 0 Å². The van der Waals surface area contributed by atoms with Crippen LogP contribution in [-0.4, -0.2) is 59.4 Å². The number of hydrogen-bond acceptors (Lipinski definition) is 5. The van der Waals surface area contributed by atoms with E-state index in [4.69, 9.17) is 0 Å². The minimum absolute atomic E-state index is 0.0891. The van der Waals surface area contributed by atoms with Crippen LogP contribution in [0.2, 0.25) is 0 Å². The summed E-state index contributed by atoms with van der Waals surface area (Å²) in [6, 6.07) is 7.47. The van der Waals surface area contributed by atoms with Crippen molar-refractivity contribution in [1.29, 1.82) is 0 Å². The van der Waals surface area contributed by atoms with E-state index < -0.39 is 0 Å². The molecule has 148 valence electrons. The van der Waals surface area contributed by atoms with E-state index in [1.165, 1.54) is 12.4 Å². The third-order valence-corrected chi connectivity index (χ3v) is 4.85. The van der Waals surface area contributed by atoms with Crippen LogP contribution in [0.5, 0.6) is 0 Å². The number of hydrogen-bond donors (Lipinski definition) is 1. The Kier molecular flexibility index (Phi) is 6.94. The van der Waals surface area contributed by atoms with Crippen LogP contribution in [0, 0.1) is 0 Å². The molecule has 0 unspecified atom stereocenters. The Hall–Kier alpha value is -2.96. The van der Waals surface area contributed by atoms with Crippen LogP contribution < -0.4 is 10.2 Å². The number of aromatic nitrogens is 2. The molecule has 28 heavy (non-hydrogen) atoms. The van der Waals surface area contributed by atoms with Gasteiger partial charge in [-0.1, -0.05) is 25.8 Å². The van der Waals surface area contributed by atoms with E-state index in [1.807, 2.05) is 18.2 Å². The zero-order valence-electron chi connectivity index (χ0n) is 16.3. The number of amides is 2. The molecule has 0 atom stereocenters. The summed E-state index contributed by atoms with van der Waals surface area (Å²) in [5, 5.41) is 2.89. The molecule has 1 saturated heterocycles. The zero-order valence-corrected chi connectivity index (χ0v) is 16.3. The first-order valence-electron chi connectivity index (χ1n) is 9.87. The molecule has 7 heteroatoms. The maximum atomic E-state index is 12.8. The molecular weight excluding hydrogens is 354 g/mol. The number of anilines is 1. The molecule has 2 aromatic heterocycles. The third kappa shape index (κ3) is 5.06. The molecule has 1 N–H and O–H groups in total. The van der Waals surface area contributed by atoms with Crippen molar-refractivity contribution in [2.75, 3.05) is 37.6 Å². The molecule has 1 fully saturated rings. The summed E-state index contributed by atoms with van der Waals surface area (Å²) in [4.78, 5) is 37.5. The summed E-state index contributed by atoms with van der Waals surface area (Å²) in [7, 11) is 0. The van der Waals surface area contributed by atoms with Gasteiger partial charge in [0.2, 0.25) is 0 Å². The Morgan fingerprint density at radius 3 is 2.57 bits per heavy atom. The van der Waals surface area contributed by atoms with Crippen molar-refractivity contribution in [3.63, 3.8) is 0 Å². The van der Waals surface area contributed by atoms with E-state index in [0.29, 0.717) is 30.8 Å². The fraction of sp³-hybridized carbons (Fsp3) is 0.429. The van der Waals surface area contributed by atoms with Gasteiger partial charge >= 0.3 is 0 Å². The molecule has 2 amide bonds. The number of nitrogens with zero attached hydrogens (tertiary/aromatic N) is 4. The Bertz CT molecular complexity index is 788. The molecule has 2 aromatic rings. The summed E-state index contributed by atoms with van der Waals surface area (Å²) in [5.41, 5.74) is 0.877. The van der Waals surface area contributed by atoms with Gasteiger partial charge < -0.3 is 15.1 Å². The molecule has 7 nitrogen and oxygen atoms in total. The van der Waals surface area contributed by atoms with Crippen LogP contribution in [0.4, 0.5) is 5.82 Å². The van der Waals surface area contributed by atoms with Gasteiger partial charge in [-0.15, -0.1) is 0 Å². The van der Waals surface area contributed by atoms with Crippen molar-refractivity contribution >= 4 is 17.6 Å². The van der Waals surface area contributed by atoms with Crippen LogP contribution in [0.15, 0.2) is 42.9 Å². The third-order valence-electron chi connectivity index (χ3n) is 4.85. The highest BCUT2D eigenvalue weighted by Gasteiger charge is 2.23. The maximum Gasteiger partial charge on any atom is 0.255 e. The molecule has 0 spiro atoms. The molecule has 0 aliphatic carbocycles.